The summed E-state index contributed by atoms with van der Waals surface area (Å²) in [6.07, 6.45) is 7.74. The zero-order chi connectivity index (χ0) is 15.4. The molecule has 2 heterocycles. The summed E-state index contributed by atoms with van der Waals surface area (Å²) < 4.78 is 0. The highest BCUT2D eigenvalue weighted by molar-refractivity contribution is 5.91. The lowest BCUT2D eigenvalue weighted by molar-refractivity contribution is -0.140. The molecular formula is C15H23N4O2. The Morgan fingerprint density at radius 3 is 2.62 bits per heavy atom. The van der Waals surface area contributed by atoms with E-state index in [1.54, 1.807) is 6.08 Å². The number of hydrogen-bond acceptors (Lipinski definition) is 4. The smallest absolute Gasteiger partial charge is 0.265 e. The number of rotatable bonds is 4. The average Bonchev–Trinajstić information content (AvgIpc) is 2.48. The maximum atomic E-state index is 12.6. The number of dihydropyridines is 1. The van der Waals surface area contributed by atoms with Crippen LogP contribution in [0.25, 0.3) is 0 Å². The Hall–Kier alpha value is -1.82. The Morgan fingerprint density at radius 1 is 1.38 bits per heavy atom. The highest BCUT2D eigenvalue weighted by Crippen LogP contribution is 2.20. The fraction of sp³-hybridized carbons (Fsp3) is 0.600. The molecule has 0 aromatic rings. The zero-order valence-corrected chi connectivity index (χ0v) is 12.6. The predicted octanol–water partition coefficient (Wildman–Crippen LogP) is -0.119. The Labute approximate surface area is 125 Å². The Kier molecular flexibility index (Phi) is 5.01. The van der Waals surface area contributed by atoms with Gasteiger partial charge in [0.1, 0.15) is 11.9 Å². The second kappa shape index (κ2) is 6.76. The minimum atomic E-state index is -0.563. The molecule has 1 saturated heterocycles. The van der Waals surface area contributed by atoms with Gasteiger partial charge in [-0.2, -0.15) is 0 Å². The first kappa shape index (κ1) is 15.6. The summed E-state index contributed by atoms with van der Waals surface area (Å²) in [5, 5.41) is 6.31. The molecule has 1 fully saturated rings. The van der Waals surface area contributed by atoms with Crippen LogP contribution in [-0.2, 0) is 9.59 Å². The number of amides is 2. The van der Waals surface area contributed by atoms with Gasteiger partial charge in [0.05, 0.1) is 0 Å². The molecule has 2 rings (SSSR count). The number of piperidine rings is 1. The second-order valence-electron chi connectivity index (χ2n) is 5.71. The van der Waals surface area contributed by atoms with Crippen molar-refractivity contribution in [3.8, 4) is 0 Å². The van der Waals surface area contributed by atoms with Gasteiger partial charge < -0.3 is 21.3 Å². The molecule has 0 aromatic carbocycles. The van der Waals surface area contributed by atoms with Gasteiger partial charge in [-0.15, -0.1) is 0 Å². The van der Waals surface area contributed by atoms with Crippen molar-refractivity contribution in [2.75, 3.05) is 13.1 Å². The van der Waals surface area contributed by atoms with Gasteiger partial charge in [0.2, 0.25) is 5.91 Å². The molecular weight excluding hydrogens is 268 g/mol. The molecule has 0 saturated carbocycles. The third-order valence-electron chi connectivity index (χ3n) is 3.79. The maximum Gasteiger partial charge on any atom is 0.265 e. The van der Waals surface area contributed by atoms with Gasteiger partial charge in [-0.25, -0.2) is 0 Å². The van der Waals surface area contributed by atoms with E-state index in [0.29, 0.717) is 0 Å². The molecule has 2 aliphatic rings. The van der Waals surface area contributed by atoms with E-state index < -0.39 is 5.91 Å². The molecule has 21 heavy (non-hydrogen) atoms. The predicted molar refractivity (Wildman–Crippen MR) is 79.6 cm³/mol. The monoisotopic (exact) mass is 291 g/mol. The standard InChI is InChI=1S/C15H23N4O2/c1-10(2)15(21)19(11-6-8-17-9-7-11)13-5-3-4-12(18-13)14(16)20/h3,5,10-11,13,17-18H,6-9H2,1-2H3,(H2,16,20). The molecule has 1 unspecified atom stereocenters. The van der Waals surface area contributed by atoms with Crippen LogP contribution in [0.15, 0.2) is 17.8 Å². The fourth-order valence-corrected chi connectivity index (χ4v) is 2.69. The first-order chi connectivity index (χ1) is 10.0. The van der Waals surface area contributed by atoms with Crippen LogP contribution in [-0.4, -0.2) is 42.0 Å². The summed E-state index contributed by atoms with van der Waals surface area (Å²) >= 11 is 0. The Morgan fingerprint density at radius 2 is 2.05 bits per heavy atom. The fourth-order valence-electron chi connectivity index (χ4n) is 2.69. The molecule has 0 aromatic heterocycles. The van der Waals surface area contributed by atoms with Crippen LogP contribution >= 0.6 is 0 Å². The van der Waals surface area contributed by atoms with Gasteiger partial charge in [-0.05, 0) is 32.0 Å². The first-order valence-corrected chi connectivity index (χ1v) is 7.40. The van der Waals surface area contributed by atoms with Crippen LogP contribution in [0.1, 0.15) is 26.7 Å². The summed E-state index contributed by atoms with van der Waals surface area (Å²) in [6.45, 7) is 5.57. The van der Waals surface area contributed by atoms with E-state index in [9.17, 15) is 9.59 Å². The minimum Gasteiger partial charge on any atom is -0.364 e. The number of nitrogens with two attached hydrogens (primary N) is 1. The van der Waals surface area contributed by atoms with E-state index in [0.717, 1.165) is 25.9 Å². The lowest BCUT2D eigenvalue weighted by Gasteiger charge is -2.41. The summed E-state index contributed by atoms with van der Waals surface area (Å²) in [5.41, 5.74) is 5.52. The number of carbonyl (C=O) groups excluding carboxylic acids is 2. The van der Waals surface area contributed by atoms with Gasteiger partial charge in [-0.3, -0.25) is 9.59 Å². The number of allylic oxidation sites excluding steroid dienone is 2. The number of nitrogens with one attached hydrogen (secondary N) is 2. The van der Waals surface area contributed by atoms with Crippen molar-refractivity contribution in [2.45, 2.75) is 38.9 Å². The SMILES string of the molecule is CC(C)C(=O)N(C1CCNCC1)C1C=C[C]=C(C(N)=O)N1. The number of primary amides is 1. The third-order valence-corrected chi connectivity index (χ3v) is 3.79. The van der Waals surface area contributed by atoms with E-state index in [4.69, 9.17) is 5.73 Å². The van der Waals surface area contributed by atoms with Gasteiger partial charge >= 0.3 is 0 Å². The minimum absolute atomic E-state index is 0.0785. The van der Waals surface area contributed by atoms with Gasteiger partial charge in [0, 0.05) is 18.0 Å². The van der Waals surface area contributed by atoms with E-state index in [2.05, 4.69) is 16.7 Å². The normalized spacial score (nSPS) is 22.6. The van der Waals surface area contributed by atoms with Crippen molar-refractivity contribution >= 4 is 11.8 Å². The van der Waals surface area contributed by atoms with E-state index >= 15 is 0 Å². The quantitative estimate of drug-likeness (QED) is 0.674. The van der Waals surface area contributed by atoms with E-state index in [1.165, 1.54) is 0 Å². The van der Waals surface area contributed by atoms with E-state index in [1.807, 2.05) is 24.8 Å². The molecule has 1 radical (unpaired) electrons. The maximum absolute atomic E-state index is 12.6. The largest absolute Gasteiger partial charge is 0.364 e. The highest BCUT2D eigenvalue weighted by Gasteiger charge is 2.33. The van der Waals surface area contributed by atoms with Crippen molar-refractivity contribution in [3.05, 3.63) is 23.9 Å². The number of nitrogens with zero attached hydrogens (tertiary/aromatic N) is 1. The van der Waals surface area contributed by atoms with Gasteiger partial charge in [0.15, 0.2) is 0 Å². The lowest BCUT2D eigenvalue weighted by atomic mass is 10.0. The average molecular weight is 291 g/mol. The van der Waals surface area contributed by atoms with Crippen molar-refractivity contribution in [2.24, 2.45) is 11.7 Å². The van der Waals surface area contributed by atoms with Crippen LogP contribution in [0, 0.1) is 12.0 Å². The summed E-state index contributed by atoms with van der Waals surface area (Å²) in [7, 11) is 0. The summed E-state index contributed by atoms with van der Waals surface area (Å²) in [5.74, 6) is -0.580. The van der Waals surface area contributed by atoms with Crippen LogP contribution in [0.3, 0.4) is 0 Å². The van der Waals surface area contributed by atoms with Gasteiger partial charge in [-0.1, -0.05) is 19.9 Å². The number of hydrogen-bond donors (Lipinski definition) is 3. The van der Waals surface area contributed by atoms with Crippen molar-refractivity contribution in [1.82, 2.24) is 15.5 Å². The van der Waals surface area contributed by atoms with Crippen LogP contribution in [0.5, 0.6) is 0 Å². The molecule has 6 nitrogen and oxygen atoms in total. The van der Waals surface area contributed by atoms with Crippen LogP contribution < -0.4 is 16.4 Å². The summed E-state index contributed by atoms with van der Waals surface area (Å²) in [4.78, 5) is 25.8. The first-order valence-electron chi connectivity index (χ1n) is 7.40. The van der Waals surface area contributed by atoms with Crippen molar-refractivity contribution in [3.63, 3.8) is 0 Å². The molecule has 115 valence electrons. The second-order valence-corrected chi connectivity index (χ2v) is 5.71. The van der Waals surface area contributed by atoms with Crippen LogP contribution in [0.2, 0.25) is 0 Å². The highest BCUT2D eigenvalue weighted by atomic mass is 16.2. The van der Waals surface area contributed by atoms with Gasteiger partial charge in [0.25, 0.3) is 5.91 Å². The third kappa shape index (κ3) is 3.64. The summed E-state index contributed by atoms with van der Waals surface area (Å²) in [6, 6.07) is 0.163. The van der Waals surface area contributed by atoms with E-state index in [-0.39, 0.29) is 29.7 Å². The molecule has 6 heteroatoms. The molecule has 0 spiro atoms. The molecule has 2 aliphatic heterocycles. The molecule has 0 bridgehead atoms. The Bertz CT molecular complexity index is 464. The molecule has 0 aliphatic carbocycles. The molecule has 2 amide bonds. The Balaban J connectivity index is 2.19. The topological polar surface area (TPSA) is 87.5 Å². The molecule has 1 atom stereocenters. The van der Waals surface area contributed by atoms with Crippen molar-refractivity contribution in [1.29, 1.82) is 0 Å². The molecule has 4 N–H and O–H groups in total. The number of carbonyl (C=O) groups is 2. The van der Waals surface area contributed by atoms with Crippen molar-refractivity contribution < 1.29 is 9.59 Å². The zero-order valence-electron chi connectivity index (χ0n) is 12.6. The lowest BCUT2D eigenvalue weighted by Crippen LogP contribution is -2.57. The van der Waals surface area contributed by atoms with Crippen LogP contribution in [0.4, 0.5) is 0 Å².